The lowest BCUT2D eigenvalue weighted by Crippen LogP contribution is -2.69. The number of aliphatic hydroxyl groups is 3. The van der Waals surface area contributed by atoms with E-state index in [4.69, 9.17) is 0 Å². The Hall–Kier alpha value is -4.49. The highest BCUT2D eigenvalue weighted by Crippen LogP contribution is 2.65. The van der Waals surface area contributed by atoms with E-state index in [1.807, 2.05) is 25.1 Å². The number of fused-ring (bicyclic) bond motifs is 3. The van der Waals surface area contributed by atoms with Gasteiger partial charge in [0.2, 0.25) is 5.78 Å². The maximum atomic E-state index is 14.5. The van der Waals surface area contributed by atoms with Gasteiger partial charge in [0.05, 0.1) is 5.56 Å². The van der Waals surface area contributed by atoms with E-state index in [-0.39, 0.29) is 35.6 Å². The SMILES string of the molecule is CCc1ccc(CCCc2ccc(-c3ccc(O)c4c3C[C@]3(C)C[C@]5(C)C(C(C)C)C(=O)C(C(C)=O)=C(O)[C@]5(O)C(=O)C3=C4O)cc2)cc1. The predicted molar refractivity (Wildman–Crippen MR) is 189 cm³/mol. The number of phenolic OH excluding ortho intramolecular Hbond substituents is 1. The van der Waals surface area contributed by atoms with E-state index in [0.717, 1.165) is 43.7 Å². The maximum Gasteiger partial charge on any atom is 0.203 e. The van der Waals surface area contributed by atoms with Crippen LogP contribution in [0.4, 0.5) is 0 Å². The van der Waals surface area contributed by atoms with E-state index in [2.05, 4.69) is 43.3 Å². The summed E-state index contributed by atoms with van der Waals surface area (Å²) in [5, 5.41) is 46.6. The van der Waals surface area contributed by atoms with Crippen LogP contribution in [-0.2, 0) is 40.1 Å². The fraction of sp³-hybridized carbons (Fsp3) is 0.405. The van der Waals surface area contributed by atoms with Gasteiger partial charge >= 0.3 is 0 Å². The summed E-state index contributed by atoms with van der Waals surface area (Å²) in [6.45, 7) is 10.3. The maximum absolute atomic E-state index is 14.5. The summed E-state index contributed by atoms with van der Waals surface area (Å²) in [5.41, 5.74) is 0.390. The number of phenols is 1. The smallest absolute Gasteiger partial charge is 0.203 e. The van der Waals surface area contributed by atoms with E-state index < -0.39 is 56.8 Å². The minimum Gasteiger partial charge on any atom is -0.508 e. The Bertz CT molecular complexity index is 1930. The van der Waals surface area contributed by atoms with Crippen LogP contribution in [0.1, 0.15) is 82.2 Å². The van der Waals surface area contributed by atoms with E-state index in [9.17, 15) is 34.8 Å². The monoisotopic (exact) mass is 662 g/mol. The van der Waals surface area contributed by atoms with Gasteiger partial charge in [-0.05, 0) is 90.8 Å². The standard InChI is InChI=1S/C42H46O7/c1-7-25-11-13-26(14-12-25)9-8-10-27-15-17-28(18-16-27)29-19-20-31(44)33-30(29)21-40(5)22-41(6)34(23(2)3)36(45)32(24(4)43)38(47)42(41,49)39(48)35(40)37(33)46/h11-20,23,34,44,46-47,49H,7-10,21-22H2,1-6H3/t34?,40-,41-,42+/m1/s1. The number of carbonyl (C=O) groups excluding carboxylic acids is 3. The topological polar surface area (TPSA) is 132 Å². The second kappa shape index (κ2) is 12.1. The molecule has 3 aromatic carbocycles. The number of rotatable bonds is 8. The lowest BCUT2D eigenvalue weighted by atomic mass is 9.43. The van der Waals surface area contributed by atoms with E-state index in [1.54, 1.807) is 20.8 Å². The molecule has 0 heterocycles. The van der Waals surface area contributed by atoms with Crippen molar-refractivity contribution in [2.24, 2.45) is 22.7 Å². The molecule has 3 aromatic rings. The normalized spacial score (nSPS) is 26.5. The summed E-state index contributed by atoms with van der Waals surface area (Å²) < 4.78 is 0. The van der Waals surface area contributed by atoms with Gasteiger partial charge in [0.1, 0.15) is 22.8 Å². The molecule has 3 aliphatic carbocycles. The van der Waals surface area contributed by atoms with Crippen molar-refractivity contribution >= 4 is 23.1 Å². The van der Waals surface area contributed by atoms with E-state index >= 15 is 0 Å². The van der Waals surface area contributed by atoms with Crippen molar-refractivity contribution in [1.82, 2.24) is 0 Å². The Morgan fingerprint density at radius 1 is 0.878 bits per heavy atom. The number of ketones is 3. The van der Waals surface area contributed by atoms with Crippen LogP contribution in [0.2, 0.25) is 0 Å². The molecule has 0 aromatic heterocycles. The second-order valence-electron chi connectivity index (χ2n) is 15.2. The first-order chi connectivity index (χ1) is 23.1. The van der Waals surface area contributed by atoms with Gasteiger partial charge in [-0.15, -0.1) is 0 Å². The largest absolute Gasteiger partial charge is 0.508 e. The Labute approximate surface area is 288 Å². The van der Waals surface area contributed by atoms with Crippen LogP contribution in [0.25, 0.3) is 16.9 Å². The van der Waals surface area contributed by atoms with Crippen LogP contribution in [0.15, 0.2) is 77.6 Å². The molecule has 0 radical (unpaired) electrons. The zero-order valence-corrected chi connectivity index (χ0v) is 29.2. The predicted octanol–water partition coefficient (Wildman–Crippen LogP) is 7.59. The lowest BCUT2D eigenvalue weighted by Gasteiger charge is -2.59. The molecule has 4 atom stereocenters. The molecular formula is C42H46O7. The Morgan fingerprint density at radius 2 is 1.45 bits per heavy atom. The minimum absolute atomic E-state index is 0.0557. The third-order valence-electron chi connectivity index (χ3n) is 11.5. The van der Waals surface area contributed by atoms with Gasteiger partial charge < -0.3 is 20.4 Å². The molecule has 1 fully saturated rings. The molecule has 6 rings (SSSR count). The highest BCUT2D eigenvalue weighted by Gasteiger charge is 2.72. The van der Waals surface area contributed by atoms with Crippen molar-refractivity contribution in [3.05, 3.63) is 105 Å². The van der Waals surface area contributed by atoms with Gasteiger partial charge in [0.15, 0.2) is 17.2 Å². The average Bonchev–Trinajstić information content (AvgIpc) is 3.03. The summed E-state index contributed by atoms with van der Waals surface area (Å²) in [4.78, 5) is 40.9. The molecule has 7 nitrogen and oxygen atoms in total. The number of aliphatic hydroxyl groups excluding tert-OH is 2. The first-order valence-corrected chi connectivity index (χ1v) is 17.3. The van der Waals surface area contributed by atoms with Crippen LogP contribution < -0.4 is 0 Å². The van der Waals surface area contributed by atoms with Gasteiger partial charge in [-0.2, -0.15) is 0 Å². The highest BCUT2D eigenvalue weighted by molar-refractivity contribution is 6.24. The first-order valence-electron chi connectivity index (χ1n) is 17.3. The molecule has 3 aliphatic rings. The number of hydrogen-bond donors (Lipinski definition) is 4. The highest BCUT2D eigenvalue weighted by atomic mass is 16.3. The summed E-state index contributed by atoms with van der Waals surface area (Å²) in [7, 11) is 0. The number of aryl methyl sites for hydroxylation is 3. The molecule has 1 unspecified atom stereocenters. The van der Waals surface area contributed by atoms with Crippen LogP contribution in [0.3, 0.4) is 0 Å². The summed E-state index contributed by atoms with van der Waals surface area (Å²) in [6.07, 6.45) is 4.23. The third-order valence-corrected chi connectivity index (χ3v) is 11.5. The molecule has 0 aliphatic heterocycles. The molecular weight excluding hydrogens is 616 g/mol. The molecule has 1 saturated carbocycles. The number of hydrogen-bond acceptors (Lipinski definition) is 7. The fourth-order valence-corrected chi connectivity index (χ4v) is 9.28. The van der Waals surface area contributed by atoms with Crippen molar-refractivity contribution in [1.29, 1.82) is 0 Å². The quantitative estimate of drug-likeness (QED) is 0.183. The minimum atomic E-state index is -2.63. The molecule has 4 N–H and O–H groups in total. The van der Waals surface area contributed by atoms with Crippen LogP contribution in [0.5, 0.6) is 5.75 Å². The lowest BCUT2D eigenvalue weighted by molar-refractivity contribution is -0.178. The summed E-state index contributed by atoms with van der Waals surface area (Å²) in [6, 6.07) is 20.3. The Kier molecular flexibility index (Phi) is 8.51. The third kappa shape index (κ3) is 5.16. The van der Waals surface area contributed by atoms with Gasteiger partial charge in [0, 0.05) is 22.3 Å². The fourth-order valence-electron chi connectivity index (χ4n) is 9.28. The molecule has 0 saturated heterocycles. The average molecular weight is 663 g/mol. The molecule has 49 heavy (non-hydrogen) atoms. The van der Waals surface area contributed by atoms with Crippen molar-refractivity contribution < 1.29 is 34.8 Å². The number of aromatic hydroxyl groups is 1. The van der Waals surface area contributed by atoms with Crippen molar-refractivity contribution in [2.75, 3.05) is 0 Å². The van der Waals surface area contributed by atoms with Crippen LogP contribution in [0, 0.1) is 22.7 Å². The number of carbonyl (C=O) groups is 3. The van der Waals surface area contributed by atoms with E-state index in [1.165, 1.54) is 22.8 Å². The first kappa shape index (κ1) is 34.4. The van der Waals surface area contributed by atoms with Crippen LogP contribution >= 0.6 is 0 Å². The molecule has 7 heteroatoms. The molecule has 0 bridgehead atoms. The van der Waals surface area contributed by atoms with Gasteiger partial charge in [-0.25, -0.2) is 0 Å². The zero-order chi connectivity index (χ0) is 35.6. The van der Waals surface area contributed by atoms with Crippen molar-refractivity contribution in [3.63, 3.8) is 0 Å². The number of benzene rings is 3. The second-order valence-corrected chi connectivity index (χ2v) is 15.2. The van der Waals surface area contributed by atoms with E-state index in [0.29, 0.717) is 5.56 Å². The zero-order valence-electron chi connectivity index (χ0n) is 29.2. The van der Waals surface area contributed by atoms with Crippen molar-refractivity contribution in [2.45, 2.75) is 85.7 Å². The number of Topliss-reactive ketones (excluding diaryl/α,β-unsaturated/α-hetero) is 3. The van der Waals surface area contributed by atoms with Crippen LogP contribution in [-0.4, -0.2) is 43.4 Å². The molecule has 0 spiro atoms. The number of allylic oxidation sites excluding steroid dienone is 1. The summed E-state index contributed by atoms with van der Waals surface area (Å²) in [5.74, 6) is -5.28. The van der Waals surface area contributed by atoms with Gasteiger partial charge in [-0.1, -0.05) is 89.2 Å². The van der Waals surface area contributed by atoms with Gasteiger partial charge in [-0.3, -0.25) is 14.4 Å². The molecule has 0 amide bonds. The Morgan fingerprint density at radius 3 is 2.00 bits per heavy atom. The molecule has 256 valence electrons. The van der Waals surface area contributed by atoms with Gasteiger partial charge in [0.25, 0.3) is 0 Å². The Balaban J connectivity index is 1.38. The summed E-state index contributed by atoms with van der Waals surface area (Å²) >= 11 is 0. The van der Waals surface area contributed by atoms with Crippen molar-refractivity contribution in [3.8, 4) is 16.9 Å².